The molecule has 0 saturated heterocycles. The Bertz CT molecular complexity index is 832. The number of hydrogen-bond donors (Lipinski definition) is 1. The molecule has 1 amide bonds. The number of nitrogens with one attached hydrogen (secondary N) is 1. The minimum atomic E-state index is -0.416. The van der Waals surface area contributed by atoms with E-state index in [9.17, 15) is 9.59 Å². The summed E-state index contributed by atoms with van der Waals surface area (Å²) in [5.74, 6) is -0.709. The van der Waals surface area contributed by atoms with Gasteiger partial charge in [0.1, 0.15) is 17.3 Å². The highest BCUT2D eigenvalue weighted by molar-refractivity contribution is 7.09. The van der Waals surface area contributed by atoms with E-state index >= 15 is 0 Å². The second-order valence-corrected chi connectivity index (χ2v) is 5.83. The quantitative estimate of drug-likeness (QED) is 0.719. The Hall–Kier alpha value is -2.99. The molecule has 24 heavy (non-hydrogen) atoms. The van der Waals surface area contributed by atoms with Crippen LogP contribution in [-0.4, -0.2) is 16.9 Å². The lowest BCUT2D eigenvalue weighted by Crippen LogP contribution is -2.12. The Balaban J connectivity index is 1.57. The summed E-state index contributed by atoms with van der Waals surface area (Å²) in [4.78, 5) is 28.2. The lowest BCUT2D eigenvalue weighted by atomic mass is 10.2. The fourth-order valence-electron chi connectivity index (χ4n) is 1.98. The number of rotatable bonds is 5. The minimum Gasteiger partial charge on any atom is -0.455 e. The van der Waals surface area contributed by atoms with E-state index in [-0.39, 0.29) is 12.5 Å². The monoisotopic (exact) mass is 338 g/mol. The summed E-state index contributed by atoms with van der Waals surface area (Å²) in [6, 6.07) is 17.9. The molecule has 0 fully saturated rings. The van der Waals surface area contributed by atoms with Crippen LogP contribution in [0.15, 0.2) is 66.0 Å². The predicted octanol–water partition coefficient (Wildman–Crippen LogP) is 3.75. The summed E-state index contributed by atoms with van der Waals surface area (Å²) < 4.78 is 5.20. The lowest BCUT2D eigenvalue weighted by molar-refractivity contribution is 0.0472. The highest BCUT2D eigenvalue weighted by atomic mass is 32.1. The fraction of sp³-hybridized carbons (Fsp3) is 0.0556. The summed E-state index contributed by atoms with van der Waals surface area (Å²) in [6.07, 6.45) is 0. The lowest BCUT2D eigenvalue weighted by Gasteiger charge is -2.03. The van der Waals surface area contributed by atoms with E-state index in [4.69, 9.17) is 4.74 Å². The molecule has 1 heterocycles. The number of hydrogen-bond acceptors (Lipinski definition) is 5. The summed E-state index contributed by atoms with van der Waals surface area (Å²) in [7, 11) is 0. The first-order valence-corrected chi connectivity index (χ1v) is 8.13. The van der Waals surface area contributed by atoms with Gasteiger partial charge in [0.05, 0.1) is 5.56 Å². The Labute approximate surface area is 142 Å². The van der Waals surface area contributed by atoms with E-state index < -0.39 is 5.97 Å². The smallest absolute Gasteiger partial charge is 0.338 e. The molecule has 0 aliphatic rings. The molecular formula is C18H14N2O3S. The number of carbonyl (C=O) groups excluding carboxylic acids is 2. The van der Waals surface area contributed by atoms with Crippen LogP contribution in [0.2, 0.25) is 0 Å². The number of aromatic nitrogens is 1. The number of thiazole rings is 1. The number of esters is 1. The SMILES string of the molecule is O=C(OCc1nc(C(=O)Nc2ccccc2)cs1)c1ccccc1. The second-order valence-electron chi connectivity index (χ2n) is 4.89. The van der Waals surface area contributed by atoms with Crippen molar-refractivity contribution in [2.45, 2.75) is 6.61 Å². The van der Waals surface area contributed by atoms with Gasteiger partial charge >= 0.3 is 5.97 Å². The van der Waals surface area contributed by atoms with Crippen LogP contribution in [0.25, 0.3) is 0 Å². The van der Waals surface area contributed by atoms with Gasteiger partial charge < -0.3 is 10.1 Å². The molecule has 1 aromatic heterocycles. The van der Waals surface area contributed by atoms with Crippen LogP contribution in [-0.2, 0) is 11.3 Å². The topological polar surface area (TPSA) is 68.3 Å². The average Bonchev–Trinajstić information content (AvgIpc) is 3.10. The number of anilines is 1. The highest BCUT2D eigenvalue weighted by Gasteiger charge is 2.13. The summed E-state index contributed by atoms with van der Waals surface area (Å²) in [5.41, 5.74) is 1.48. The zero-order chi connectivity index (χ0) is 16.8. The Kier molecular flexibility index (Phi) is 4.98. The van der Waals surface area contributed by atoms with Gasteiger partial charge in [-0.15, -0.1) is 11.3 Å². The van der Waals surface area contributed by atoms with Crippen molar-refractivity contribution in [3.8, 4) is 0 Å². The van der Waals surface area contributed by atoms with Crippen molar-refractivity contribution in [2.24, 2.45) is 0 Å². The van der Waals surface area contributed by atoms with E-state index in [0.29, 0.717) is 22.0 Å². The standard InChI is InChI=1S/C18H14N2O3S/c21-17(19-14-9-5-2-6-10-14)15-12-24-16(20-15)11-23-18(22)13-7-3-1-4-8-13/h1-10,12H,11H2,(H,19,21). The molecule has 0 saturated carbocycles. The molecule has 5 nitrogen and oxygen atoms in total. The Morgan fingerprint density at radius 3 is 2.38 bits per heavy atom. The average molecular weight is 338 g/mol. The van der Waals surface area contributed by atoms with Gasteiger partial charge in [0, 0.05) is 11.1 Å². The van der Waals surface area contributed by atoms with Crippen LogP contribution in [0.5, 0.6) is 0 Å². The van der Waals surface area contributed by atoms with Crippen LogP contribution in [0.1, 0.15) is 25.9 Å². The van der Waals surface area contributed by atoms with Crippen molar-refractivity contribution < 1.29 is 14.3 Å². The number of nitrogens with zero attached hydrogens (tertiary/aromatic N) is 1. The van der Waals surface area contributed by atoms with E-state index in [2.05, 4.69) is 10.3 Å². The highest BCUT2D eigenvalue weighted by Crippen LogP contribution is 2.14. The molecule has 0 bridgehead atoms. The number of para-hydroxylation sites is 1. The van der Waals surface area contributed by atoms with E-state index in [1.807, 2.05) is 24.3 Å². The van der Waals surface area contributed by atoms with Crippen LogP contribution in [0.4, 0.5) is 5.69 Å². The van der Waals surface area contributed by atoms with E-state index in [1.54, 1.807) is 41.8 Å². The van der Waals surface area contributed by atoms with Crippen LogP contribution >= 0.6 is 11.3 Å². The normalized spacial score (nSPS) is 10.2. The molecule has 0 aliphatic carbocycles. The van der Waals surface area contributed by atoms with Crippen molar-refractivity contribution in [3.63, 3.8) is 0 Å². The van der Waals surface area contributed by atoms with Crippen LogP contribution < -0.4 is 5.32 Å². The Morgan fingerprint density at radius 1 is 1.00 bits per heavy atom. The third kappa shape index (κ3) is 4.05. The molecule has 0 aliphatic heterocycles. The first kappa shape index (κ1) is 15.9. The number of amides is 1. The minimum absolute atomic E-state index is 0.0387. The maximum absolute atomic E-state index is 12.1. The zero-order valence-corrected chi connectivity index (χ0v) is 13.5. The van der Waals surface area contributed by atoms with Gasteiger partial charge in [-0.25, -0.2) is 9.78 Å². The van der Waals surface area contributed by atoms with E-state index in [1.165, 1.54) is 11.3 Å². The fourth-order valence-corrected chi connectivity index (χ4v) is 2.67. The third-order valence-corrected chi connectivity index (χ3v) is 3.97. The van der Waals surface area contributed by atoms with Gasteiger partial charge in [0.15, 0.2) is 0 Å². The van der Waals surface area contributed by atoms with Crippen molar-refractivity contribution in [2.75, 3.05) is 5.32 Å². The Morgan fingerprint density at radius 2 is 1.67 bits per heavy atom. The predicted molar refractivity (Wildman–Crippen MR) is 92.1 cm³/mol. The molecule has 0 radical (unpaired) electrons. The molecule has 0 atom stereocenters. The molecule has 2 aromatic carbocycles. The second kappa shape index (κ2) is 7.52. The molecule has 1 N–H and O–H groups in total. The number of carbonyl (C=O) groups is 2. The summed E-state index contributed by atoms with van der Waals surface area (Å²) in [6.45, 7) is 0.0387. The van der Waals surface area contributed by atoms with Gasteiger partial charge in [-0.2, -0.15) is 0 Å². The van der Waals surface area contributed by atoms with Crippen molar-refractivity contribution >= 4 is 28.9 Å². The molecule has 3 aromatic rings. The largest absolute Gasteiger partial charge is 0.455 e. The number of benzene rings is 2. The molecular weight excluding hydrogens is 324 g/mol. The maximum Gasteiger partial charge on any atom is 0.338 e. The summed E-state index contributed by atoms with van der Waals surface area (Å²) >= 11 is 1.28. The maximum atomic E-state index is 12.1. The molecule has 120 valence electrons. The van der Waals surface area contributed by atoms with Gasteiger partial charge in [-0.1, -0.05) is 36.4 Å². The van der Waals surface area contributed by atoms with Crippen LogP contribution in [0, 0.1) is 0 Å². The third-order valence-electron chi connectivity index (χ3n) is 3.15. The van der Waals surface area contributed by atoms with Gasteiger partial charge in [0.2, 0.25) is 0 Å². The number of ether oxygens (including phenoxy) is 1. The van der Waals surface area contributed by atoms with Crippen LogP contribution in [0.3, 0.4) is 0 Å². The van der Waals surface area contributed by atoms with Crippen molar-refractivity contribution in [1.29, 1.82) is 0 Å². The van der Waals surface area contributed by atoms with E-state index in [0.717, 1.165) is 0 Å². The molecule has 3 rings (SSSR count). The zero-order valence-electron chi connectivity index (χ0n) is 12.6. The molecule has 6 heteroatoms. The van der Waals surface area contributed by atoms with Crippen molar-refractivity contribution in [1.82, 2.24) is 4.98 Å². The first-order chi connectivity index (χ1) is 11.7. The van der Waals surface area contributed by atoms with Gasteiger partial charge in [-0.3, -0.25) is 4.79 Å². The van der Waals surface area contributed by atoms with Gasteiger partial charge in [0.25, 0.3) is 5.91 Å². The molecule has 0 unspecified atom stereocenters. The first-order valence-electron chi connectivity index (χ1n) is 7.25. The van der Waals surface area contributed by atoms with Crippen molar-refractivity contribution in [3.05, 3.63) is 82.3 Å². The summed E-state index contributed by atoms with van der Waals surface area (Å²) in [5, 5.41) is 4.97. The molecule has 0 spiro atoms. The van der Waals surface area contributed by atoms with Gasteiger partial charge in [-0.05, 0) is 24.3 Å².